The Balaban J connectivity index is 0.00000371. The zero-order valence-electron chi connectivity index (χ0n) is 25.9. The van der Waals surface area contributed by atoms with E-state index in [9.17, 15) is 19.8 Å². The first-order valence-electron chi connectivity index (χ1n) is 14.4. The molecule has 0 spiro atoms. The second-order valence-electron chi connectivity index (χ2n) is 12.6. The van der Waals surface area contributed by atoms with Gasteiger partial charge < -0.3 is 10.2 Å². The SMILES string of the molecule is CC.CCC1(C)C=C(/C=C\C2=CC(C)(C)C=C(CCCC(C)(C)C(=O)O)S2)SC(CCCC(C)(C)C(=O)O)=C1. The summed E-state index contributed by atoms with van der Waals surface area (Å²) in [4.78, 5) is 28.0. The molecular formula is C33H52O4S2. The topological polar surface area (TPSA) is 74.6 Å². The third-order valence-corrected chi connectivity index (χ3v) is 9.44. The summed E-state index contributed by atoms with van der Waals surface area (Å²) in [5.41, 5.74) is -1.44. The van der Waals surface area contributed by atoms with Crippen molar-refractivity contribution in [2.45, 2.75) is 114 Å². The zero-order valence-corrected chi connectivity index (χ0v) is 27.6. The molecular weight excluding hydrogens is 524 g/mol. The fourth-order valence-corrected chi connectivity index (χ4v) is 7.13. The minimum atomic E-state index is -0.738. The Morgan fingerprint density at radius 2 is 1.18 bits per heavy atom. The van der Waals surface area contributed by atoms with Gasteiger partial charge in [0, 0.05) is 20.6 Å². The molecule has 0 saturated heterocycles. The van der Waals surface area contributed by atoms with Crippen LogP contribution in [0.5, 0.6) is 0 Å². The van der Waals surface area contributed by atoms with Gasteiger partial charge in [-0.3, -0.25) is 9.59 Å². The molecule has 39 heavy (non-hydrogen) atoms. The van der Waals surface area contributed by atoms with Crippen LogP contribution in [0, 0.1) is 21.7 Å². The number of allylic oxidation sites excluding steroid dienone is 8. The Morgan fingerprint density at radius 1 is 0.769 bits per heavy atom. The lowest BCUT2D eigenvalue weighted by molar-refractivity contribution is -0.148. The average molecular weight is 577 g/mol. The molecule has 4 nitrogen and oxygen atoms in total. The van der Waals surface area contributed by atoms with E-state index >= 15 is 0 Å². The second kappa shape index (κ2) is 14.8. The molecule has 0 aromatic rings. The van der Waals surface area contributed by atoms with Gasteiger partial charge in [0.1, 0.15) is 0 Å². The molecule has 220 valence electrons. The van der Waals surface area contributed by atoms with Crippen LogP contribution in [0.25, 0.3) is 0 Å². The first-order chi connectivity index (χ1) is 18.0. The number of carboxylic acids is 2. The molecule has 0 amide bonds. The standard InChI is InChI=1S/C31H46O4S2.C2H6/c1-9-31(8)20-23(13-11-17-30(6,7)27(34)35)37-25(21-31)15-14-24-19-28(2,3)18-22(36-24)12-10-16-29(4,5)26(32)33;1-2/h14-15,18-21H,9-13,16-17H2,1-8H3,(H,32,33)(H,34,35);1-2H3/b15-14-;. The molecule has 2 aliphatic heterocycles. The maximum absolute atomic E-state index is 11.5. The van der Waals surface area contributed by atoms with Crippen LogP contribution < -0.4 is 0 Å². The van der Waals surface area contributed by atoms with Crippen LogP contribution in [-0.4, -0.2) is 22.2 Å². The molecule has 0 aromatic heterocycles. The molecule has 2 rings (SSSR count). The predicted molar refractivity (Wildman–Crippen MR) is 171 cm³/mol. The molecule has 6 heteroatoms. The maximum atomic E-state index is 11.5. The smallest absolute Gasteiger partial charge is 0.309 e. The van der Waals surface area contributed by atoms with Gasteiger partial charge in [-0.25, -0.2) is 0 Å². The molecule has 1 atom stereocenters. The summed E-state index contributed by atoms with van der Waals surface area (Å²) in [5, 5.41) is 18.8. The lowest BCUT2D eigenvalue weighted by atomic mass is 9.84. The third kappa shape index (κ3) is 11.8. The molecule has 2 heterocycles. The van der Waals surface area contributed by atoms with Crippen LogP contribution in [0.3, 0.4) is 0 Å². The molecule has 0 saturated carbocycles. The number of hydrogen-bond acceptors (Lipinski definition) is 4. The fourth-order valence-electron chi connectivity index (χ4n) is 4.38. The number of carbonyl (C=O) groups is 2. The van der Waals surface area contributed by atoms with Crippen molar-refractivity contribution >= 4 is 35.5 Å². The predicted octanol–water partition coefficient (Wildman–Crippen LogP) is 10.6. The van der Waals surface area contributed by atoms with E-state index in [1.165, 1.54) is 19.6 Å². The van der Waals surface area contributed by atoms with Crippen LogP contribution in [0.4, 0.5) is 0 Å². The minimum Gasteiger partial charge on any atom is -0.481 e. The molecule has 0 aromatic carbocycles. The Bertz CT molecular complexity index is 1020. The summed E-state index contributed by atoms with van der Waals surface area (Å²) in [6.07, 6.45) is 19.6. The van der Waals surface area contributed by atoms with Gasteiger partial charge >= 0.3 is 11.9 Å². The van der Waals surface area contributed by atoms with Gasteiger partial charge in [-0.2, -0.15) is 0 Å². The highest BCUT2D eigenvalue weighted by atomic mass is 32.2. The second-order valence-corrected chi connectivity index (χ2v) is 15.0. The Kier molecular flexibility index (Phi) is 13.4. The van der Waals surface area contributed by atoms with E-state index < -0.39 is 22.8 Å². The van der Waals surface area contributed by atoms with Crippen LogP contribution in [0.15, 0.2) is 56.1 Å². The average Bonchev–Trinajstić information content (AvgIpc) is 2.82. The van der Waals surface area contributed by atoms with Gasteiger partial charge in [0.15, 0.2) is 0 Å². The van der Waals surface area contributed by atoms with Gasteiger partial charge in [-0.1, -0.05) is 89.4 Å². The molecule has 0 bridgehead atoms. The van der Waals surface area contributed by atoms with E-state index in [2.05, 4.69) is 64.2 Å². The minimum absolute atomic E-state index is 0.00204. The number of aliphatic carboxylic acids is 2. The first kappa shape index (κ1) is 35.4. The third-order valence-electron chi connectivity index (χ3n) is 7.29. The van der Waals surface area contributed by atoms with Crippen molar-refractivity contribution in [3.63, 3.8) is 0 Å². The lowest BCUT2D eigenvalue weighted by Gasteiger charge is -2.28. The fraction of sp³-hybridized carbons (Fsp3) is 0.636. The lowest BCUT2D eigenvalue weighted by Crippen LogP contribution is -2.23. The number of thioether (sulfide) groups is 2. The van der Waals surface area contributed by atoms with Gasteiger partial charge in [0.2, 0.25) is 0 Å². The molecule has 0 fully saturated rings. The van der Waals surface area contributed by atoms with Crippen molar-refractivity contribution in [2.75, 3.05) is 0 Å². The number of carboxylic acid groups (broad SMARTS) is 2. The first-order valence-corrected chi connectivity index (χ1v) is 16.0. The largest absolute Gasteiger partial charge is 0.481 e. The Morgan fingerprint density at radius 3 is 1.59 bits per heavy atom. The molecule has 1 unspecified atom stereocenters. The highest BCUT2D eigenvalue weighted by Crippen LogP contribution is 2.45. The summed E-state index contributed by atoms with van der Waals surface area (Å²) in [7, 11) is 0. The zero-order chi connectivity index (χ0) is 30.1. The van der Waals surface area contributed by atoms with Crippen LogP contribution in [0.2, 0.25) is 0 Å². The molecule has 0 aliphatic carbocycles. The van der Waals surface area contributed by atoms with E-state index in [1.54, 1.807) is 51.2 Å². The number of hydrogen-bond donors (Lipinski definition) is 2. The van der Waals surface area contributed by atoms with E-state index in [0.717, 1.165) is 32.1 Å². The summed E-state index contributed by atoms with van der Waals surface area (Å²) in [6.45, 7) is 20.1. The van der Waals surface area contributed by atoms with Gasteiger partial charge in [0.25, 0.3) is 0 Å². The van der Waals surface area contributed by atoms with Gasteiger partial charge in [-0.05, 0) is 94.6 Å². The monoisotopic (exact) mass is 576 g/mol. The normalized spacial score (nSPS) is 21.3. The highest BCUT2D eigenvalue weighted by molar-refractivity contribution is 8.07. The van der Waals surface area contributed by atoms with Crippen molar-refractivity contribution in [3.05, 3.63) is 56.1 Å². The van der Waals surface area contributed by atoms with Crippen molar-refractivity contribution in [2.24, 2.45) is 21.7 Å². The van der Waals surface area contributed by atoms with Crippen LogP contribution in [0.1, 0.15) is 114 Å². The quantitative estimate of drug-likeness (QED) is 0.227. The van der Waals surface area contributed by atoms with Gasteiger partial charge in [-0.15, -0.1) is 0 Å². The molecule has 2 aliphatic rings. The van der Waals surface area contributed by atoms with E-state index in [4.69, 9.17) is 0 Å². The van der Waals surface area contributed by atoms with Crippen LogP contribution >= 0.6 is 23.5 Å². The van der Waals surface area contributed by atoms with Gasteiger partial charge in [0.05, 0.1) is 10.8 Å². The summed E-state index contributed by atoms with van der Waals surface area (Å²) < 4.78 is 0. The highest BCUT2D eigenvalue weighted by Gasteiger charge is 2.29. The maximum Gasteiger partial charge on any atom is 0.309 e. The van der Waals surface area contributed by atoms with E-state index in [1.807, 2.05) is 13.8 Å². The van der Waals surface area contributed by atoms with Crippen molar-refractivity contribution in [1.82, 2.24) is 0 Å². The molecule has 2 N–H and O–H groups in total. The summed E-state index contributed by atoms with van der Waals surface area (Å²) in [6, 6.07) is 0. The summed E-state index contributed by atoms with van der Waals surface area (Å²) in [5.74, 6) is -1.47. The summed E-state index contributed by atoms with van der Waals surface area (Å²) >= 11 is 3.59. The van der Waals surface area contributed by atoms with Crippen molar-refractivity contribution < 1.29 is 19.8 Å². The Hall–Kier alpha value is -1.66. The van der Waals surface area contributed by atoms with E-state index in [-0.39, 0.29) is 10.8 Å². The van der Waals surface area contributed by atoms with Crippen molar-refractivity contribution in [1.29, 1.82) is 0 Å². The van der Waals surface area contributed by atoms with Crippen LogP contribution in [-0.2, 0) is 9.59 Å². The number of rotatable bonds is 13. The molecule has 0 radical (unpaired) electrons. The van der Waals surface area contributed by atoms with E-state index in [0.29, 0.717) is 12.8 Å². The van der Waals surface area contributed by atoms with Crippen molar-refractivity contribution in [3.8, 4) is 0 Å². The Labute approximate surface area is 246 Å².